The molecule has 2 N–H and O–H groups in total. The van der Waals surface area contributed by atoms with Gasteiger partial charge in [0, 0.05) is 0 Å². The van der Waals surface area contributed by atoms with Gasteiger partial charge in [0.1, 0.15) is 5.56 Å². The molecule has 1 aliphatic rings. The maximum atomic E-state index is 12.3. The first-order valence-corrected chi connectivity index (χ1v) is 6.81. The van der Waals surface area contributed by atoms with Crippen molar-refractivity contribution in [2.75, 3.05) is 7.11 Å². The topological polar surface area (TPSA) is 58.6 Å². The highest BCUT2D eigenvalue weighted by Crippen LogP contribution is 2.34. The lowest BCUT2D eigenvalue weighted by atomic mass is 10.1. The van der Waals surface area contributed by atoms with Gasteiger partial charge in [-0.15, -0.1) is 0 Å². The van der Waals surface area contributed by atoms with Gasteiger partial charge in [0.2, 0.25) is 0 Å². The third-order valence-corrected chi connectivity index (χ3v) is 3.90. The number of aliphatic hydroxyl groups excluding tert-OH is 1. The number of methoxy groups -OCH3 is 1. The fourth-order valence-corrected chi connectivity index (χ4v) is 2.76. The van der Waals surface area contributed by atoms with Gasteiger partial charge in [-0.25, -0.2) is 0 Å². The van der Waals surface area contributed by atoms with Crippen molar-refractivity contribution in [3.8, 4) is 5.75 Å². The molecule has 19 heavy (non-hydrogen) atoms. The van der Waals surface area contributed by atoms with E-state index in [4.69, 9.17) is 27.9 Å². The van der Waals surface area contributed by atoms with Gasteiger partial charge >= 0.3 is 0 Å². The van der Waals surface area contributed by atoms with Crippen LogP contribution in [0.2, 0.25) is 10.0 Å². The standard InChI is InChI=1S/C13H15Cl2NO3/c1-19-12-8(15)6-5-7(14)11(12)13(18)16-9-3-2-4-10(9)17/h5-6,9-10,17H,2-4H2,1H3,(H,16,18). The number of halogens is 2. The lowest BCUT2D eigenvalue weighted by Crippen LogP contribution is -2.40. The Balaban J connectivity index is 2.25. The Hall–Kier alpha value is -0.970. The summed E-state index contributed by atoms with van der Waals surface area (Å²) in [6, 6.07) is 2.88. The number of rotatable bonds is 3. The number of benzene rings is 1. The van der Waals surface area contributed by atoms with Gasteiger partial charge in [-0.2, -0.15) is 0 Å². The minimum Gasteiger partial charge on any atom is -0.494 e. The van der Waals surface area contributed by atoms with E-state index in [1.165, 1.54) is 7.11 Å². The summed E-state index contributed by atoms with van der Waals surface area (Å²) in [4.78, 5) is 12.3. The summed E-state index contributed by atoms with van der Waals surface area (Å²) in [5.74, 6) is -0.130. The van der Waals surface area contributed by atoms with Gasteiger partial charge in [-0.3, -0.25) is 4.79 Å². The van der Waals surface area contributed by atoms with Crippen LogP contribution in [0.3, 0.4) is 0 Å². The van der Waals surface area contributed by atoms with E-state index in [-0.39, 0.29) is 28.3 Å². The van der Waals surface area contributed by atoms with Gasteiger partial charge in [-0.1, -0.05) is 23.2 Å². The maximum absolute atomic E-state index is 12.3. The molecule has 1 aromatic rings. The monoisotopic (exact) mass is 303 g/mol. The number of ether oxygens (including phenoxy) is 1. The number of carbonyl (C=O) groups excluding carboxylic acids is 1. The van der Waals surface area contributed by atoms with E-state index < -0.39 is 6.10 Å². The van der Waals surface area contributed by atoms with Crippen molar-refractivity contribution in [2.45, 2.75) is 31.4 Å². The molecule has 1 aliphatic carbocycles. The summed E-state index contributed by atoms with van der Waals surface area (Å²) >= 11 is 12.0. The van der Waals surface area contributed by atoms with E-state index in [0.29, 0.717) is 11.4 Å². The highest BCUT2D eigenvalue weighted by Gasteiger charge is 2.29. The van der Waals surface area contributed by atoms with Crippen molar-refractivity contribution >= 4 is 29.1 Å². The van der Waals surface area contributed by atoms with Crippen LogP contribution in [0.5, 0.6) is 5.75 Å². The average Bonchev–Trinajstić information content (AvgIpc) is 2.77. The third kappa shape index (κ3) is 2.96. The first-order chi connectivity index (χ1) is 9.04. The van der Waals surface area contributed by atoms with Crippen LogP contribution in [0.1, 0.15) is 29.6 Å². The van der Waals surface area contributed by atoms with Gasteiger partial charge in [0.05, 0.1) is 29.3 Å². The molecule has 0 aliphatic heterocycles. The lowest BCUT2D eigenvalue weighted by molar-refractivity contribution is 0.0870. The average molecular weight is 304 g/mol. The number of hydrogen-bond acceptors (Lipinski definition) is 3. The molecule has 0 heterocycles. The summed E-state index contributed by atoms with van der Waals surface area (Å²) in [5, 5.41) is 13.1. The zero-order chi connectivity index (χ0) is 14.0. The minimum absolute atomic E-state index is 0.204. The Morgan fingerprint density at radius 1 is 1.37 bits per heavy atom. The molecule has 6 heteroatoms. The quantitative estimate of drug-likeness (QED) is 0.902. The van der Waals surface area contributed by atoms with Crippen molar-refractivity contribution in [3.05, 3.63) is 27.7 Å². The molecule has 1 amide bonds. The molecule has 0 aromatic heterocycles. The molecule has 0 spiro atoms. The van der Waals surface area contributed by atoms with E-state index in [2.05, 4.69) is 5.32 Å². The molecular formula is C13H15Cl2NO3. The Kier molecular flexibility index (Phi) is 4.55. The zero-order valence-corrected chi connectivity index (χ0v) is 12.0. The van der Waals surface area contributed by atoms with Crippen LogP contribution in [0, 0.1) is 0 Å². The normalized spacial score (nSPS) is 22.3. The predicted molar refractivity (Wildman–Crippen MR) is 74.1 cm³/mol. The molecule has 2 unspecified atom stereocenters. The predicted octanol–water partition coefficient (Wildman–Crippen LogP) is 2.65. The number of amides is 1. The second kappa shape index (κ2) is 5.99. The van der Waals surface area contributed by atoms with Crippen LogP contribution >= 0.6 is 23.2 Å². The number of aliphatic hydroxyl groups is 1. The number of nitrogens with one attached hydrogen (secondary N) is 1. The smallest absolute Gasteiger partial charge is 0.256 e. The van der Waals surface area contributed by atoms with E-state index in [1.54, 1.807) is 12.1 Å². The van der Waals surface area contributed by atoms with Gasteiger partial charge in [0.25, 0.3) is 5.91 Å². The summed E-state index contributed by atoms with van der Waals surface area (Å²) in [5.41, 5.74) is 0.204. The fraction of sp³-hybridized carbons (Fsp3) is 0.462. The Morgan fingerprint density at radius 2 is 2.05 bits per heavy atom. The minimum atomic E-state index is -0.507. The molecule has 0 saturated heterocycles. The molecule has 0 radical (unpaired) electrons. The van der Waals surface area contributed by atoms with Crippen LogP contribution < -0.4 is 10.1 Å². The molecular weight excluding hydrogens is 289 g/mol. The van der Waals surface area contributed by atoms with Gasteiger partial charge in [0.15, 0.2) is 5.75 Å². The van der Waals surface area contributed by atoms with Gasteiger partial charge < -0.3 is 15.2 Å². The second-order valence-corrected chi connectivity index (χ2v) is 5.33. The first kappa shape index (κ1) is 14.4. The Morgan fingerprint density at radius 3 is 2.63 bits per heavy atom. The zero-order valence-electron chi connectivity index (χ0n) is 10.5. The summed E-state index contributed by atoms with van der Waals surface area (Å²) in [7, 11) is 1.43. The molecule has 0 bridgehead atoms. The van der Waals surface area contributed by atoms with Crippen LogP contribution in [-0.4, -0.2) is 30.3 Å². The number of hydrogen-bond donors (Lipinski definition) is 2. The lowest BCUT2D eigenvalue weighted by Gasteiger charge is -2.18. The van der Waals surface area contributed by atoms with Crippen LogP contribution in [-0.2, 0) is 0 Å². The highest BCUT2D eigenvalue weighted by molar-refractivity contribution is 6.37. The molecule has 4 nitrogen and oxygen atoms in total. The molecule has 1 saturated carbocycles. The van der Waals surface area contributed by atoms with Crippen molar-refractivity contribution in [3.63, 3.8) is 0 Å². The molecule has 2 rings (SSSR count). The van der Waals surface area contributed by atoms with E-state index >= 15 is 0 Å². The van der Waals surface area contributed by atoms with E-state index in [9.17, 15) is 9.90 Å². The third-order valence-electron chi connectivity index (χ3n) is 3.29. The maximum Gasteiger partial charge on any atom is 0.256 e. The number of carbonyl (C=O) groups is 1. The van der Waals surface area contributed by atoms with E-state index in [1.807, 2.05) is 0 Å². The van der Waals surface area contributed by atoms with Crippen LogP contribution in [0.4, 0.5) is 0 Å². The molecule has 1 fully saturated rings. The van der Waals surface area contributed by atoms with Crippen LogP contribution in [0.15, 0.2) is 12.1 Å². The van der Waals surface area contributed by atoms with Crippen molar-refractivity contribution in [1.82, 2.24) is 5.32 Å². The summed E-state index contributed by atoms with van der Waals surface area (Å²) in [6.45, 7) is 0. The summed E-state index contributed by atoms with van der Waals surface area (Å²) < 4.78 is 5.13. The molecule has 1 aromatic carbocycles. The SMILES string of the molecule is COc1c(Cl)ccc(Cl)c1C(=O)NC1CCCC1O. The second-order valence-electron chi connectivity index (χ2n) is 4.52. The first-order valence-electron chi connectivity index (χ1n) is 6.05. The van der Waals surface area contributed by atoms with Crippen molar-refractivity contribution in [2.24, 2.45) is 0 Å². The fourth-order valence-electron chi connectivity index (χ4n) is 2.29. The van der Waals surface area contributed by atoms with E-state index in [0.717, 1.165) is 12.8 Å². The Bertz CT molecular complexity index is 493. The van der Waals surface area contributed by atoms with Crippen molar-refractivity contribution in [1.29, 1.82) is 0 Å². The van der Waals surface area contributed by atoms with Crippen molar-refractivity contribution < 1.29 is 14.6 Å². The largest absolute Gasteiger partial charge is 0.494 e. The summed E-state index contributed by atoms with van der Waals surface area (Å²) in [6.07, 6.45) is 1.85. The molecule has 2 atom stereocenters. The molecule has 104 valence electrons. The van der Waals surface area contributed by atoms with Crippen LogP contribution in [0.25, 0.3) is 0 Å². The highest BCUT2D eigenvalue weighted by atomic mass is 35.5. The van der Waals surface area contributed by atoms with Gasteiger partial charge in [-0.05, 0) is 31.4 Å². The Labute approximate surface area is 121 Å².